The number of carbonyl (C=O) groups excluding carboxylic acids is 1. The zero-order valence-corrected chi connectivity index (χ0v) is 15.4. The average Bonchev–Trinajstić information content (AvgIpc) is 3.03. The summed E-state index contributed by atoms with van der Waals surface area (Å²) in [4.78, 5) is 25.9. The van der Waals surface area contributed by atoms with Gasteiger partial charge in [-0.25, -0.2) is 0 Å². The van der Waals surface area contributed by atoms with E-state index < -0.39 is 17.9 Å². The minimum absolute atomic E-state index is 0.0286. The van der Waals surface area contributed by atoms with Gasteiger partial charge in [-0.05, 0) is 29.7 Å². The maximum atomic E-state index is 12.5. The van der Waals surface area contributed by atoms with E-state index in [0.717, 1.165) is 11.1 Å². The predicted octanol–water partition coefficient (Wildman–Crippen LogP) is 2.92. The third-order valence-electron chi connectivity index (χ3n) is 4.98. The highest BCUT2D eigenvalue weighted by Gasteiger charge is 2.44. The summed E-state index contributed by atoms with van der Waals surface area (Å²) in [5.74, 6) is -0.523. The molecule has 2 aromatic rings. The summed E-state index contributed by atoms with van der Waals surface area (Å²) in [6.07, 6.45) is 0.628. The smallest absolute Gasteiger partial charge is 0.309 e. The van der Waals surface area contributed by atoms with E-state index in [9.17, 15) is 14.7 Å². The van der Waals surface area contributed by atoms with Crippen LogP contribution in [-0.4, -0.2) is 42.6 Å². The van der Waals surface area contributed by atoms with Gasteiger partial charge in [-0.15, -0.1) is 0 Å². The van der Waals surface area contributed by atoms with Crippen molar-refractivity contribution in [2.45, 2.75) is 18.9 Å². The van der Waals surface area contributed by atoms with E-state index in [0.29, 0.717) is 24.5 Å². The molecule has 1 aliphatic heterocycles. The van der Waals surface area contributed by atoms with Crippen molar-refractivity contribution in [2.24, 2.45) is 5.92 Å². The standard InChI is InChI=1S/C21H23NO5/c1-26-17-9-8-14(12-18(17)27-2)10-11-22-19(23)13-16(21(24)25)20(22)15-6-4-3-5-7-15/h3-9,12,16,20H,10-11,13H2,1-2H3,(H,24,25)/t16-,20-/m1/s1. The second-order valence-corrected chi connectivity index (χ2v) is 6.53. The number of hydrogen-bond acceptors (Lipinski definition) is 4. The van der Waals surface area contributed by atoms with Gasteiger partial charge in [0.2, 0.25) is 5.91 Å². The largest absolute Gasteiger partial charge is 0.493 e. The van der Waals surface area contributed by atoms with Crippen molar-refractivity contribution in [1.82, 2.24) is 4.90 Å². The molecule has 2 aromatic carbocycles. The van der Waals surface area contributed by atoms with Gasteiger partial charge in [0, 0.05) is 13.0 Å². The number of carbonyl (C=O) groups is 2. The van der Waals surface area contributed by atoms with E-state index in [1.165, 1.54) is 0 Å². The van der Waals surface area contributed by atoms with Gasteiger partial charge in [0.05, 0.1) is 26.2 Å². The predicted molar refractivity (Wildman–Crippen MR) is 99.9 cm³/mol. The molecule has 0 aliphatic carbocycles. The highest BCUT2D eigenvalue weighted by Crippen LogP contribution is 2.38. The van der Waals surface area contributed by atoms with Crippen LogP contribution in [0, 0.1) is 5.92 Å². The van der Waals surface area contributed by atoms with E-state index in [1.54, 1.807) is 19.1 Å². The molecule has 0 bridgehead atoms. The maximum absolute atomic E-state index is 12.5. The molecule has 0 saturated carbocycles. The van der Waals surface area contributed by atoms with Gasteiger partial charge in [0.15, 0.2) is 11.5 Å². The first-order valence-electron chi connectivity index (χ1n) is 8.83. The molecular formula is C21H23NO5. The first kappa shape index (κ1) is 18.8. The monoisotopic (exact) mass is 369 g/mol. The normalized spacial score (nSPS) is 19.2. The molecule has 6 heteroatoms. The molecule has 3 rings (SSSR count). The zero-order valence-electron chi connectivity index (χ0n) is 15.4. The van der Waals surface area contributed by atoms with Gasteiger partial charge < -0.3 is 19.5 Å². The topological polar surface area (TPSA) is 76.1 Å². The Bertz CT molecular complexity index is 821. The molecule has 1 saturated heterocycles. The number of nitrogens with zero attached hydrogens (tertiary/aromatic N) is 1. The van der Waals surface area contributed by atoms with Crippen LogP contribution in [-0.2, 0) is 16.0 Å². The molecule has 0 unspecified atom stereocenters. The van der Waals surface area contributed by atoms with Crippen LogP contribution in [0.5, 0.6) is 11.5 Å². The summed E-state index contributed by atoms with van der Waals surface area (Å²) in [7, 11) is 3.16. The molecule has 2 atom stereocenters. The van der Waals surface area contributed by atoms with Gasteiger partial charge in [-0.3, -0.25) is 9.59 Å². The molecular weight excluding hydrogens is 346 g/mol. The van der Waals surface area contributed by atoms with Crippen LogP contribution in [0.3, 0.4) is 0 Å². The second-order valence-electron chi connectivity index (χ2n) is 6.53. The van der Waals surface area contributed by atoms with Crippen molar-refractivity contribution in [3.05, 3.63) is 59.7 Å². The Labute approximate surface area is 158 Å². The lowest BCUT2D eigenvalue weighted by molar-refractivity contribution is -0.142. The summed E-state index contributed by atoms with van der Waals surface area (Å²) in [6, 6.07) is 14.5. The first-order chi connectivity index (χ1) is 13.0. The van der Waals surface area contributed by atoms with Gasteiger partial charge >= 0.3 is 5.97 Å². The Morgan fingerprint density at radius 2 is 1.81 bits per heavy atom. The van der Waals surface area contributed by atoms with Gasteiger partial charge in [0.1, 0.15) is 0 Å². The summed E-state index contributed by atoms with van der Waals surface area (Å²) >= 11 is 0. The average molecular weight is 369 g/mol. The Balaban J connectivity index is 1.82. The Morgan fingerprint density at radius 1 is 1.11 bits per heavy atom. The number of methoxy groups -OCH3 is 2. The molecule has 1 heterocycles. The van der Waals surface area contributed by atoms with Gasteiger partial charge in [-0.2, -0.15) is 0 Å². The van der Waals surface area contributed by atoms with E-state index in [-0.39, 0.29) is 12.3 Å². The van der Waals surface area contributed by atoms with Crippen molar-refractivity contribution in [3.8, 4) is 11.5 Å². The number of carboxylic acids is 1. The van der Waals surface area contributed by atoms with Crippen LogP contribution in [0.25, 0.3) is 0 Å². The minimum atomic E-state index is -0.939. The molecule has 142 valence electrons. The van der Waals surface area contributed by atoms with Gasteiger partial charge in [-0.1, -0.05) is 36.4 Å². The molecule has 0 spiro atoms. The van der Waals surface area contributed by atoms with E-state index in [4.69, 9.17) is 9.47 Å². The Kier molecular flexibility index (Phi) is 5.64. The summed E-state index contributed by atoms with van der Waals surface area (Å²) in [5.41, 5.74) is 1.84. The van der Waals surface area contributed by atoms with Crippen molar-refractivity contribution in [1.29, 1.82) is 0 Å². The highest BCUT2D eigenvalue weighted by molar-refractivity contribution is 5.87. The number of ether oxygens (including phenoxy) is 2. The van der Waals surface area contributed by atoms with Crippen LogP contribution < -0.4 is 9.47 Å². The number of rotatable bonds is 7. The highest BCUT2D eigenvalue weighted by atomic mass is 16.5. The summed E-state index contributed by atoms with van der Waals surface area (Å²) < 4.78 is 10.6. The quantitative estimate of drug-likeness (QED) is 0.812. The zero-order chi connectivity index (χ0) is 19.4. The van der Waals surface area contributed by atoms with Crippen LogP contribution in [0.1, 0.15) is 23.6 Å². The van der Waals surface area contributed by atoms with E-state index >= 15 is 0 Å². The molecule has 0 aromatic heterocycles. The molecule has 1 N–H and O–H groups in total. The fraction of sp³-hybridized carbons (Fsp3) is 0.333. The fourth-order valence-corrected chi connectivity index (χ4v) is 3.62. The Morgan fingerprint density at radius 3 is 2.44 bits per heavy atom. The first-order valence-corrected chi connectivity index (χ1v) is 8.83. The molecule has 1 aliphatic rings. The van der Waals surface area contributed by atoms with Crippen molar-refractivity contribution >= 4 is 11.9 Å². The molecule has 0 radical (unpaired) electrons. The number of hydrogen-bond donors (Lipinski definition) is 1. The lowest BCUT2D eigenvalue weighted by Crippen LogP contribution is -2.32. The second kappa shape index (κ2) is 8.12. The van der Waals surface area contributed by atoms with Crippen LogP contribution in [0.4, 0.5) is 0 Å². The van der Waals surface area contributed by atoms with Gasteiger partial charge in [0.25, 0.3) is 0 Å². The van der Waals surface area contributed by atoms with Crippen molar-refractivity contribution in [2.75, 3.05) is 20.8 Å². The minimum Gasteiger partial charge on any atom is -0.493 e. The van der Waals surface area contributed by atoms with Crippen LogP contribution in [0.2, 0.25) is 0 Å². The lowest BCUT2D eigenvalue weighted by atomic mass is 9.93. The van der Waals surface area contributed by atoms with Crippen molar-refractivity contribution in [3.63, 3.8) is 0 Å². The maximum Gasteiger partial charge on any atom is 0.309 e. The van der Waals surface area contributed by atoms with Crippen LogP contribution in [0.15, 0.2) is 48.5 Å². The number of amides is 1. The summed E-state index contributed by atoms with van der Waals surface area (Å²) in [5, 5.41) is 9.58. The molecule has 6 nitrogen and oxygen atoms in total. The molecule has 27 heavy (non-hydrogen) atoms. The Hall–Kier alpha value is -3.02. The third-order valence-corrected chi connectivity index (χ3v) is 4.98. The molecule has 1 amide bonds. The van der Waals surface area contributed by atoms with Crippen molar-refractivity contribution < 1.29 is 24.2 Å². The molecule has 1 fully saturated rings. The number of benzene rings is 2. The van der Waals surface area contributed by atoms with E-state index in [1.807, 2.05) is 48.5 Å². The number of likely N-dealkylation sites (tertiary alicyclic amines) is 1. The summed E-state index contributed by atoms with van der Waals surface area (Å²) in [6.45, 7) is 0.442. The number of carboxylic acid groups (broad SMARTS) is 1. The van der Waals surface area contributed by atoms with Crippen LogP contribution >= 0.6 is 0 Å². The fourth-order valence-electron chi connectivity index (χ4n) is 3.62. The lowest BCUT2D eigenvalue weighted by Gasteiger charge is -2.27. The SMILES string of the molecule is COc1ccc(CCN2C(=O)C[C@@H](C(=O)O)[C@H]2c2ccccc2)cc1OC. The van der Waals surface area contributed by atoms with E-state index in [2.05, 4.69) is 0 Å². The number of aliphatic carboxylic acids is 1. The third kappa shape index (κ3) is 3.89.